The van der Waals surface area contributed by atoms with Crippen LogP contribution in [0.5, 0.6) is 5.75 Å². The fourth-order valence-electron chi connectivity index (χ4n) is 1.56. The van der Waals surface area contributed by atoms with Crippen molar-refractivity contribution in [3.05, 3.63) is 40.6 Å². The molecule has 0 N–H and O–H groups in total. The Morgan fingerprint density at radius 1 is 1.39 bits per heavy atom. The van der Waals surface area contributed by atoms with Gasteiger partial charge in [-0.25, -0.2) is 4.68 Å². The van der Waals surface area contributed by atoms with E-state index in [1.54, 1.807) is 10.9 Å². The first kappa shape index (κ1) is 12.8. The van der Waals surface area contributed by atoms with Gasteiger partial charge in [0.15, 0.2) is 6.29 Å². The number of hydrogen-bond acceptors (Lipinski definition) is 3. The van der Waals surface area contributed by atoms with E-state index in [0.29, 0.717) is 5.56 Å². The fourth-order valence-corrected chi connectivity index (χ4v) is 2.02. The number of nitrogens with zero attached hydrogens (tertiary/aromatic N) is 2. The van der Waals surface area contributed by atoms with Gasteiger partial charge in [0, 0.05) is 16.7 Å². The second-order valence-electron chi connectivity index (χ2n) is 4.15. The second-order valence-corrected chi connectivity index (χ2v) is 5.06. The zero-order valence-electron chi connectivity index (χ0n) is 10.1. The largest absolute Gasteiger partial charge is 0.491 e. The molecule has 0 saturated carbocycles. The molecule has 18 heavy (non-hydrogen) atoms. The summed E-state index contributed by atoms with van der Waals surface area (Å²) in [6.45, 7) is 3.94. The molecule has 0 amide bonds. The lowest BCUT2D eigenvalue weighted by Gasteiger charge is -2.11. The lowest BCUT2D eigenvalue weighted by atomic mass is 10.3. The Labute approximate surface area is 114 Å². The molecule has 0 spiro atoms. The maximum absolute atomic E-state index is 10.6. The molecule has 0 unspecified atom stereocenters. The molecule has 5 heteroatoms. The number of hydrogen-bond donors (Lipinski definition) is 0. The number of halogens is 1. The number of carbonyl (C=O) groups excluding carboxylic acids is 1. The zero-order chi connectivity index (χ0) is 13.1. The number of benzene rings is 1. The van der Waals surface area contributed by atoms with E-state index in [2.05, 4.69) is 21.0 Å². The van der Waals surface area contributed by atoms with Crippen LogP contribution in [0.3, 0.4) is 0 Å². The van der Waals surface area contributed by atoms with Crippen LogP contribution in [0.1, 0.15) is 24.2 Å². The molecule has 0 saturated heterocycles. The molecule has 2 rings (SSSR count). The van der Waals surface area contributed by atoms with E-state index in [4.69, 9.17) is 4.74 Å². The van der Waals surface area contributed by atoms with Crippen molar-refractivity contribution in [3.8, 4) is 11.4 Å². The van der Waals surface area contributed by atoms with Crippen LogP contribution < -0.4 is 4.74 Å². The van der Waals surface area contributed by atoms with Crippen LogP contribution >= 0.6 is 15.9 Å². The van der Waals surface area contributed by atoms with Gasteiger partial charge in [-0.3, -0.25) is 4.79 Å². The van der Waals surface area contributed by atoms with Gasteiger partial charge < -0.3 is 4.74 Å². The molecule has 2 aromatic rings. The predicted octanol–water partition coefficient (Wildman–Crippen LogP) is 3.23. The van der Waals surface area contributed by atoms with Crippen molar-refractivity contribution in [2.45, 2.75) is 20.0 Å². The van der Waals surface area contributed by atoms with Crippen molar-refractivity contribution in [1.82, 2.24) is 9.78 Å². The summed E-state index contributed by atoms with van der Waals surface area (Å²) in [7, 11) is 0. The number of ether oxygens (including phenoxy) is 1. The van der Waals surface area contributed by atoms with Crippen LogP contribution in [0.25, 0.3) is 5.69 Å². The number of carbonyl (C=O) groups is 1. The molecule has 0 bridgehead atoms. The van der Waals surface area contributed by atoms with Crippen LogP contribution in [0.4, 0.5) is 0 Å². The standard InChI is InChI=1S/C13H13BrN2O2/c1-9(2)18-13-4-11(14)3-12(5-13)16-7-10(8-17)6-15-16/h3-9H,1-2H3. The fraction of sp³-hybridized carbons (Fsp3) is 0.231. The highest BCUT2D eigenvalue weighted by Crippen LogP contribution is 2.24. The summed E-state index contributed by atoms with van der Waals surface area (Å²) in [4.78, 5) is 10.6. The Hall–Kier alpha value is -1.62. The smallest absolute Gasteiger partial charge is 0.153 e. The summed E-state index contributed by atoms with van der Waals surface area (Å²) in [5, 5.41) is 4.13. The van der Waals surface area contributed by atoms with Crippen LogP contribution in [-0.4, -0.2) is 22.2 Å². The maximum Gasteiger partial charge on any atom is 0.153 e. The van der Waals surface area contributed by atoms with E-state index in [-0.39, 0.29) is 6.10 Å². The summed E-state index contributed by atoms with van der Waals surface area (Å²) < 4.78 is 8.19. The van der Waals surface area contributed by atoms with Gasteiger partial charge in [-0.2, -0.15) is 5.10 Å². The Morgan fingerprint density at radius 2 is 2.17 bits per heavy atom. The summed E-state index contributed by atoms with van der Waals surface area (Å²) in [6, 6.07) is 5.69. The molecule has 0 radical (unpaired) electrons. The highest BCUT2D eigenvalue weighted by Gasteiger charge is 2.05. The third kappa shape index (κ3) is 2.98. The molecular weight excluding hydrogens is 296 g/mol. The molecule has 1 heterocycles. The first-order valence-corrected chi connectivity index (χ1v) is 6.35. The summed E-state index contributed by atoms with van der Waals surface area (Å²) in [5.41, 5.74) is 1.38. The number of aromatic nitrogens is 2. The molecule has 4 nitrogen and oxygen atoms in total. The van der Waals surface area contributed by atoms with Gasteiger partial charge in [0.05, 0.1) is 23.6 Å². The van der Waals surface area contributed by atoms with Gasteiger partial charge in [-0.1, -0.05) is 15.9 Å². The van der Waals surface area contributed by atoms with Gasteiger partial charge >= 0.3 is 0 Å². The van der Waals surface area contributed by atoms with Crippen LogP contribution in [0.15, 0.2) is 35.1 Å². The van der Waals surface area contributed by atoms with E-state index in [0.717, 1.165) is 22.2 Å². The minimum atomic E-state index is 0.107. The number of aldehydes is 1. The van der Waals surface area contributed by atoms with Crippen LogP contribution in [-0.2, 0) is 0 Å². The molecular formula is C13H13BrN2O2. The zero-order valence-corrected chi connectivity index (χ0v) is 11.7. The van der Waals surface area contributed by atoms with Crippen molar-refractivity contribution in [3.63, 3.8) is 0 Å². The Kier molecular flexibility index (Phi) is 3.81. The number of rotatable bonds is 4. The summed E-state index contributed by atoms with van der Waals surface area (Å²) >= 11 is 3.43. The molecule has 1 aromatic carbocycles. The first-order valence-electron chi connectivity index (χ1n) is 5.56. The van der Waals surface area contributed by atoms with Gasteiger partial charge in [0.1, 0.15) is 5.75 Å². The van der Waals surface area contributed by atoms with Crippen molar-refractivity contribution in [1.29, 1.82) is 0 Å². The summed E-state index contributed by atoms with van der Waals surface area (Å²) in [5.74, 6) is 0.762. The van der Waals surface area contributed by atoms with Crippen molar-refractivity contribution in [2.24, 2.45) is 0 Å². The van der Waals surface area contributed by atoms with E-state index < -0.39 is 0 Å². The quantitative estimate of drug-likeness (QED) is 0.815. The molecule has 0 atom stereocenters. The first-order chi connectivity index (χ1) is 8.58. The van der Waals surface area contributed by atoms with Gasteiger partial charge in [-0.05, 0) is 26.0 Å². The van der Waals surface area contributed by atoms with E-state index in [9.17, 15) is 4.79 Å². The highest BCUT2D eigenvalue weighted by molar-refractivity contribution is 9.10. The van der Waals surface area contributed by atoms with Gasteiger partial charge in [0.25, 0.3) is 0 Å². The minimum absolute atomic E-state index is 0.107. The van der Waals surface area contributed by atoms with Crippen LogP contribution in [0, 0.1) is 0 Å². The Balaban J connectivity index is 2.37. The lowest BCUT2D eigenvalue weighted by Crippen LogP contribution is -2.06. The third-order valence-corrected chi connectivity index (χ3v) is 2.69. The molecule has 1 aromatic heterocycles. The maximum atomic E-state index is 10.6. The predicted molar refractivity (Wildman–Crippen MR) is 72.4 cm³/mol. The second kappa shape index (κ2) is 5.35. The average Bonchev–Trinajstić information content (AvgIpc) is 2.75. The van der Waals surface area contributed by atoms with Crippen molar-refractivity contribution in [2.75, 3.05) is 0 Å². The monoisotopic (exact) mass is 308 g/mol. The Morgan fingerprint density at radius 3 is 2.78 bits per heavy atom. The molecule has 0 aliphatic rings. The van der Waals surface area contributed by atoms with Gasteiger partial charge in [-0.15, -0.1) is 0 Å². The van der Waals surface area contributed by atoms with Gasteiger partial charge in [0.2, 0.25) is 0 Å². The summed E-state index contributed by atoms with van der Waals surface area (Å²) in [6.07, 6.45) is 4.08. The normalized spacial score (nSPS) is 10.7. The van der Waals surface area contributed by atoms with Crippen LogP contribution in [0.2, 0.25) is 0 Å². The van der Waals surface area contributed by atoms with E-state index in [1.165, 1.54) is 6.20 Å². The van der Waals surface area contributed by atoms with E-state index in [1.807, 2.05) is 32.0 Å². The minimum Gasteiger partial charge on any atom is -0.491 e. The lowest BCUT2D eigenvalue weighted by molar-refractivity contribution is 0.112. The molecule has 0 aliphatic carbocycles. The SMILES string of the molecule is CC(C)Oc1cc(Br)cc(-n2cc(C=O)cn2)c1. The molecule has 0 aliphatic heterocycles. The van der Waals surface area contributed by atoms with Crippen molar-refractivity contribution < 1.29 is 9.53 Å². The molecule has 0 fully saturated rings. The van der Waals surface area contributed by atoms with E-state index >= 15 is 0 Å². The highest BCUT2D eigenvalue weighted by atomic mass is 79.9. The molecule has 94 valence electrons. The van der Waals surface area contributed by atoms with Crippen molar-refractivity contribution >= 4 is 22.2 Å². The topological polar surface area (TPSA) is 44.1 Å². The Bertz CT molecular complexity index is 564. The third-order valence-electron chi connectivity index (χ3n) is 2.23. The average molecular weight is 309 g/mol.